The molecule has 0 aliphatic heterocycles. The molecule has 0 fully saturated rings. The van der Waals surface area contributed by atoms with Crippen LogP contribution >= 0.6 is 0 Å². The van der Waals surface area contributed by atoms with Gasteiger partial charge in [-0.25, -0.2) is 4.79 Å². The molecule has 5 N–H and O–H groups in total. The number of hydrogen-bond acceptors (Lipinski definition) is 3. The summed E-state index contributed by atoms with van der Waals surface area (Å²) in [7, 11) is 0. The number of aromatic carboxylic acids is 1. The van der Waals surface area contributed by atoms with E-state index in [-0.39, 0.29) is 5.56 Å². The van der Waals surface area contributed by atoms with E-state index in [4.69, 9.17) is 11.5 Å². The van der Waals surface area contributed by atoms with Gasteiger partial charge in [-0.1, -0.05) is 42.5 Å². The molecule has 23 heavy (non-hydrogen) atoms. The van der Waals surface area contributed by atoms with Crippen LogP contribution in [0.4, 0.5) is 11.4 Å². The van der Waals surface area contributed by atoms with E-state index in [0.717, 1.165) is 16.7 Å². The van der Waals surface area contributed by atoms with Crippen molar-refractivity contribution < 1.29 is 9.90 Å². The maximum atomic E-state index is 11.7. The minimum Gasteiger partial charge on any atom is -0.478 e. The molecule has 3 rings (SSSR count). The van der Waals surface area contributed by atoms with Gasteiger partial charge in [-0.05, 0) is 35.4 Å². The van der Waals surface area contributed by atoms with Crippen molar-refractivity contribution in [2.45, 2.75) is 0 Å². The molecule has 0 aliphatic rings. The number of benzene rings is 3. The Morgan fingerprint density at radius 2 is 1.35 bits per heavy atom. The molecular weight excluding hydrogens is 288 g/mol. The molecule has 0 saturated heterocycles. The van der Waals surface area contributed by atoms with E-state index in [1.165, 1.54) is 6.07 Å². The van der Waals surface area contributed by atoms with Gasteiger partial charge in [0.05, 0.1) is 5.56 Å². The Morgan fingerprint density at radius 1 is 0.739 bits per heavy atom. The van der Waals surface area contributed by atoms with Crippen LogP contribution < -0.4 is 11.5 Å². The molecule has 0 atom stereocenters. The highest BCUT2D eigenvalue weighted by molar-refractivity contribution is 6.04. The van der Waals surface area contributed by atoms with Gasteiger partial charge in [0, 0.05) is 22.5 Å². The van der Waals surface area contributed by atoms with Crippen LogP contribution in [0.15, 0.2) is 66.7 Å². The Bertz CT molecular complexity index is 857. The standard InChI is InChI=1S/C19H16N2O2/c20-14-8-6-13(7-9-14)17-15(19(22)23)10-11-16(21)18(17)12-4-2-1-3-5-12/h1-11H,20-21H2,(H,22,23). The van der Waals surface area contributed by atoms with Crippen molar-refractivity contribution in [1.29, 1.82) is 0 Å². The predicted molar refractivity (Wildman–Crippen MR) is 93.1 cm³/mol. The van der Waals surface area contributed by atoms with Crippen LogP contribution in [0, 0.1) is 0 Å². The molecule has 0 amide bonds. The lowest BCUT2D eigenvalue weighted by Crippen LogP contribution is -2.04. The van der Waals surface area contributed by atoms with E-state index in [9.17, 15) is 9.90 Å². The molecule has 114 valence electrons. The lowest BCUT2D eigenvalue weighted by molar-refractivity contribution is 0.0698. The van der Waals surface area contributed by atoms with Crippen LogP contribution in [0.5, 0.6) is 0 Å². The van der Waals surface area contributed by atoms with Crippen molar-refractivity contribution in [3.8, 4) is 22.3 Å². The summed E-state index contributed by atoms with van der Waals surface area (Å²) in [5.74, 6) is -0.992. The van der Waals surface area contributed by atoms with Crippen molar-refractivity contribution >= 4 is 17.3 Å². The van der Waals surface area contributed by atoms with E-state index < -0.39 is 5.97 Å². The zero-order valence-electron chi connectivity index (χ0n) is 12.4. The summed E-state index contributed by atoms with van der Waals surface area (Å²) in [5.41, 5.74) is 16.2. The van der Waals surface area contributed by atoms with Gasteiger partial charge in [0.15, 0.2) is 0 Å². The van der Waals surface area contributed by atoms with Crippen LogP contribution in [0.1, 0.15) is 10.4 Å². The molecule has 0 bridgehead atoms. The molecule has 0 saturated carbocycles. The van der Waals surface area contributed by atoms with Crippen LogP contribution in [-0.2, 0) is 0 Å². The minimum absolute atomic E-state index is 0.211. The molecule has 4 nitrogen and oxygen atoms in total. The number of nitrogens with two attached hydrogens (primary N) is 2. The molecule has 0 heterocycles. The molecular formula is C19H16N2O2. The predicted octanol–water partition coefficient (Wildman–Crippen LogP) is 3.88. The molecule has 3 aromatic carbocycles. The van der Waals surface area contributed by atoms with E-state index in [1.54, 1.807) is 18.2 Å². The molecule has 0 unspecified atom stereocenters. The third kappa shape index (κ3) is 2.74. The normalized spacial score (nSPS) is 10.4. The van der Waals surface area contributed by atoms with Crippen molar-refractivity contribution in [2.75, 3.05) is 11.5 Å². The van der Waals surface area contributed by atoms with E-state index >= 15 is 0 Å². The quantitative estimate of drug-likeness (QED) is 0.640. The lowest BCUT2D eigenvalue weighted by atomic mass is 9.89. The third-order valence-electron chi connectivity index (χ3n) is 3.73. The van der Waals surface area contributed by atoms with Gasteiger partial charge in [-0.15, -0.1) is 0 Å². The van der Waals surface area contributed by atoms with Gasteiger partial charge in [0.2, 0.25) is 0 Å². The van der Waals surface area contributed by atoms with Crippen molar-refractivity contribution in [1.82, 2.24) is 0 Å². The summed E-state index contributed by atoms with van der Waals surface area (Å²) in [6.45, 7) is 0. The van der Waals surface area contributed by atoms with Gasteiger partial charge in [0.25, 0.3) is 0 Å². The molecule has 0 aromatic heterocycles. The van der Waals surface area contributed by atoms with Gasteiger partial charge >= 0.3 is 5.97 Å². The van der Waals surface area contributed by atoms with Crippen LogP contribution in [0.3, 0.4) is 0 Å². The molecule has 0 aliphatic carbocycles. The summed E-state index contributed by atoms with van der Waals surface area (Å²) in [4.78, 5) is 11.7. The summed E-state index contributed by atoms with van der Waals surface area (Å²) in [6, 6.07) is 19.8. The number of rotatable bonds is 3. The third-order valence-corrected chi connectivity index (χ3v) is 3.73. The Balaban J connectivity index is 2.36. The topological polar surface area (TPSA) is 89.3 Å². The Kier molecular flexibility index (Phi) is 3.73. The smallest absolute Gasteiger partial charge is 0.336 e. The first-order valence-electron chi connectivity index (χ1n) is 7.15. The second kappa shape index (κ2) is 5.85. The SMILES string of the molecule is Nc1ccc(-c2c(C(=O)O)ccc(N)c2-c2ccccc2)cc1. The Hall–Kier alpha value is -3.27. The molecule has 4 heteroatoms. The lowest BCUT2D eigenvalue weighted by Gasteiger charge is -2.16. The van der Waals surface area contributed by atoms with Gasteiger partial charge < -0.3 is 16.6 Å². The van der Waals surface area contributed by atoms with Crippen LogP contribution in [0.25, 0.3) is 22.3 Å². The Morgan fingerprint density at radius 3 is 1.96 bits per heavy atom. The van der Waals surface area contributed by atoms with Gasteiger partial charge in [-0.2, -0.15) is 0 Å². The molecule has 0 radical (unpaired) electrons. The summed E-state index contributed by atoms with van der Waals surface area (Å²) >= 11 is 0. The second-order valence-electron chi connectivity index (χ2n) is 5.25. The summed E-state index contributed by atoms with van der Waals surface area (Å²) < 4.78 is 0. The van der Waals surface area contributed by atoms with Gasteiger partial charge in [0.1, 0.15) is 0 Å². The first-order chi connectivity index (χ1) is 11.1. The average molecular weight is 304 g/mol. The van der Waals surface area contributed by atoms with E-state index in [2.05, 4.69) is 0 Å². The molecule has 3 aromatic rings. The fourth-order valence-electron chi connectivity index (χ4n) is 2.66. The van der Waals surface area contributed by atoms with Crippen LogP contribution in [0.2, 0.25) is 0 Å². The highest BCUT2D eigenvalue weighted by Crippen LogP contribution is 2.39. The number of nitrogen functional groups attached to an aromatic ring is 2. The number of hydrogen-bond donors (Lipinski definition) is 3. The Labute approximate surface area is 134 Å². The average Bonchev–Trinajstić information content (AvgIpc) is 2.56. The second-order valence-corrected chi connectivity index (χ2v) is 5.25. The summed E-state index contributed by atoms with van der Waals surface area (Å²) in [5, 5.41) is 9.58. The monoisotopic (exact) mass is 304 g/mol. The first kappa shape index (κ1) is 14.7. The van der Waals surface area contributed by atoms with E-state index in [1.807, 2.05) is 42.5 Å². The van der Waals surface area contributed by atoms with Crippen molar-refractivity contribution in [2.24, 2.45) is 0 Å². The maximum Gasteiger partial charge on any atom is 0.336 e. The number of carbonyl (C=O) groups is 1. The van der Waals surface area contributed by atoms with Crippen molar-refractivity contribution in [3.05, 3.63) is 72.3 Å². The zero-order chi connectivity index (χ0) is 16.4. The number of carboxylic acids is 1. The highest BCUT2D eigenvalue weighted by atomic mass is 16.4. The highest BCUT2D eigenvalue weighted by Gasteiger charge is 2.19. The fraction of sp³-hybridized carbons (Fsp3) is 0. The zero-order valence-corrected chi connectivity index (χ0v) is 12.4. The first-order valence-corrected chi connectivity index (χ1v) is 7.15. The maximum absolute atomic E-state index is 11.7. The fourth-order valence-corrected chi connectivity index (χ4v) is 2.66. The summed E-state index contributed by atoms with van der Waals surface area (Å²) in [6.07, 6.45) is 0. The number of anilines is 2. The van der Waals surface area contributed by atoms with Gasteiger partial charge in [-0.3, -0.25) is 0 Å². The van der Waals surface area contributed by atoms with Crippen LogP contribution in [-0.4, -0.2) is 11.1 Å². The van der Waals surface area contributed by atoms with E-state index in [0.29, 0.717) is 16.9 Å². The largest absolute Gasteiger partial charge is 0.478 e. The molecule has 0 spiro atoms. The number of carboxylic acid groups (broad SMARTS) is 1. The van der Waals surface area contributed by atoms with Crippen molar-refractivity contribution in [3.63, 3.8) is 0 Å². The minimum atomic E-state index is -0.992.